The Balaban J connectivity index is 2.09. The Hall–Kier alpha value is -2.72. The number of hydrogen-bond acceptors (Lipinski definition) is 3. The van der Waals surface area contributed by atoms with Crippen molar-refractivity contribution in [3.05, 3.63) is 58.6 Å². The Morgan fingerprint density at radius 1 is 1.24 bits per heavy atom. The summed E-state index contributed by atoms with van der Waals surface area (Å²) >= 11 is 5.84. The lowest BCUT2D eigenvalue weighted by Gasteiger charge is -2.16. The van der Waals surface area contributed by atoms with Crippen LogP contribution in [0.1, 0.15) is 18.1 Å². The number of halogens is 4. The molecule has 2 aromatic carbocycles. The van der Waals surface area contributed by atoms with E-state index in [0.29, 0.717) is 11.3 Å². The highest BCUT2D eigenvalue weighted by molar-refractivity contribution is 6.33. The van der Waals surface area contributed by atoms with Crippen molar-refractivity contribution in [3.8, 4) is 11.8 Å². The molecule has 0 unspecified atom stereocenters. The fourth-order valence-electron chi connectivity index (χ4n) is 1.90. The zero-order valence-electron chi connectivity index (χ0n) is 12.9. The number of ether oxygens (including phenoxy) is 1. The lowest BCUT2D eigenvalue weighted by atomic mass is 10.2. The largest absolute Gasteiger partial charge is 0.481 e. The van der Waals surface area contributed by atoms with Gasteiger partial charge in [0, 0.05) is 0 Å². The van der Waals surface area contributed by atoms with E-state index in [4.69, 9.17) is 21.6 Å². The maximum Gasteiger partial charge on any atom is 0.416 e. The maximum atomic E-state index is 12.7. The van der Waals surface area contributed by atoms with Crippen molar-refractivity contribution in [1.82, 2.24) is 0 Å². The molecule has 0 spiro atoms. The summed E-state index contributed by atoms with van der Waals surface area (Å²) in [6.07, 6.45) is -5.53. The molecule has 0 saturated carbocycles. The Morgan fingerprint density at radius 2 is 1.88 bits per heavy atom. The monoisotopic (exact) mass is 368 g/mol. The van der Waals surface area contributed by atoms with Crippen LogP contribution in [-0.2, 0) is 11.0 Å². The average Bonchev–Trinajstić information content (AvgIpc) is 2.56. The number of nitrogens with one attached hydrogen (secondary N) is 1. The first-order chi connectivity index (χ1) is 11.7. The van der Waals surface area contributed by atoms with Gasteiger partial charge in [-0.25, -0.2) is 0 Å². The quantitative estimate of drug-likeness (QED) is 0.855. The summed E-state index contributed by atoms with van der Waals surface area (Å²) in [6, 6.07) is 10.7. The molecule has 0 aromatic heterocycles. The lowest BCUT2D eigenvalue weighted by molar-refractivity contribution is -0.137. The highest BCUT2D eigenvalue weighted by atomic mass is 35.5. The van der Waals surface area contributed by atoms with Crippen molar-refractivity contribution in [2.75, 3.05) is 5.32 Å². The summed E-state index contributed by atoms with van der Waals surface area (Å²) in [5.74, 6) is -0.317. The van der Waals surface area contributed by atoms with Gasteiger partial charge in [0.1, 0.15) is 5.75 Å². The lowest BCUT2D eigenvalue weighted by Crippen LogP contribution is -2.30. The van der Waals surface area contributed by atoms with E-state index < -0.39 is 23.8 Å². The molecule has 25 heavy (non-hydrogen) atoms. The molecule has 2 aromatic rings. The molecule has 1 amide bonds. The summed E-state index contributed by atoms with van der Waals surface area (Å²) in [6.45, 7) is 1.44. The molecule has 0 aliphatic carbocycles. The number of carbonyl (C=O) groups excluding carboxylic acids is 1. The van der Waals surface area contributed by atoms with E-state index in [1.165, 1.54) is 31.2 Å². The standard InChI is InChI=1S/C17H12ClF3N2O2/c1-10(25-13-5-2-11(9-22)3-6-13)16(24)23-15-8-12(17(19,20)21)4-7-14(15)18/h2-8,10H,1H3,(H,23,24)/t10-/m0/s1. The molecule has 0 saturated heterocycles. The SMILES string of the molecule is C[C@H](Oc1ccc(C#N)cc1)C(=O)Nc1cc(C(F)(F)F)ccc1Cl. The summed E-state index contributed by atoms with van der Waals surface area (Å²) in [5.41, 5.74) is -0.648. The van der Waals surface area contributed by atoms with Crippen molar-refractivity contribution in [2.45, 2.75) is 19.2 Å². The predicted molar refractivity (Wildman–Crippen MR) is 86.3 cm³/mol. The van der Waals surface area contributed by atoms with E-state index >= 15 is 0 Å². The molecular weight excluding hydrogens is 357 g/mol. The van der Waals surface area contributed by atoms with Crippen LogP contribution in [0.4, 0.5) is 18.9 Å². The highest BCUT2D eigenvalue weighted by Gasteiger charge is 2.31. The number of nitriles is 1. The number of nitrogens with zero attached hydrogens (tertiary/aromatic N) is 1. The number of alkyl halides is 3. The fourth-order valence-corrected chi connectivity index (χ4v) is 2.06. The minimum atomic E-state index is -4.55. The molecule has 0 fully saturated rings. The highest BCUT2D eigenvalue weighted by Crippen LogP contribution is 2.33. The Bertz CT molecular complexity index is 814. The predicted octanol–water partition coefficient (Wildman–Crippen LogP) is 4.64. The molecule has 0 aliphatic heterocycles. The molecule has 0 radical (unpaired) electrons. The van der Waals surface area contributed by atoms with Crippen LogP contribution < -0.4 is 10.1 Å². The van der Waals surface area contributed by atoms with Crippen molar-refractivity contribution in [2.24, 2.45) is 0 Å². The van der Waals surface area contributed by atoms with Crippen LogP contribution in [0.25, 0.3) is 0 Å². The molecule has 1 atom stereocenters. The average molecular weight is 369 g/mol. The third-order valence-corrected chi connectivity index (χ3v) is 3.55. The molecule has 0 bridgehead atoms. The van der Waals surface area contributed by atoms with Gasteiger partial charge in [-0.3, -0.25) is 4.79 Å². The van der Waals surface area contributed by atoms with E-state index in [2.05, 4.69) is 5.32 Å². The minimum absolute atomic E-state index is 0.0214. The summed E-state index contributed by atoms with van der Waals surface area (Å²) in [7, 11) is 0. The third-order valence-electron chi connectivity index (χ3n) is 3.22. The maximum absolute atomic E-state index is 12.7. The van der Waals surface area contributed by atoms with Gasteiger partial charge in [0.2, 0.25) is 0 Å². The van der Waals surface area contributed by atoms with Crippen LogP contribution in [0.2, 0.25) is 5.02 Å². The van der Waals surface area contributed by atoms with Gasteiger partial charge in [-0.1, -0.05) is 11.6 Å². The summed E-state index contributed by atoms with van der Waals surface area (Å²) < 4.78 is 43.6. The molecule has 4 nitrogen and oxygen atoms in total. The topological polar surface area (TPSA) is 62.1 Å². The van der Waals surface area contributed by atoms with Crippen molar-refractivity contribution in [1.29, 1.82) is 5.26 Å². The van der Waals surface area contributed by atoms with Gasteiger partial charge in [-0.05, 0) is 49.4 Å². The molecule has 1 N–H and O–H groups in total. The van der Waals surface area contributed by atoms with E-state index in [0.717, 1.165) is 18.2 Å². The van der Waals surface area contributed by atoms with E-state index in [9.17, 15) is 18.0 Å². The number of benzene rings is 2. The number of amides is 1. The Labute approximate surface area is 146 Å². The second-order valence-corrected chi connectivity index (χ2v) is 5.49. The molecule has 0 heterocycles. The molecule has 0 aliphatic rings. The molecule has 130 valence electrons. The van der Waals surface area contributed by atoms with Gasteiger partial charge in [0.05, 0.1) is 27.9 Å². The van der Waals surface area contributed by atoms with Gasteiger partial charge < -0.3 is 10.1 Å². The smallest absolute Gasteiger partial charge is 0.416 e. The molecule has 8 heteroatoms. The van der Waals surface area contributed by atoms with Gasteiger partial charge in [0.25, 0.3) is 5.91 Å². The Kier molecular flexibility index (Phi) is 5.55. The second-order valence-electron chi connectivity index (χ2n) is 5.08. The van der Waals surface area contributed by atoms with Gasteiger partial charge in [-0.2, -0.15) is 18.4 Å². The first-order valence-electron chi connectivity index (χ1n) is 7.05. The molecular formula is C17H12ClF3N2O2. The fraction of sp³-hybridized carbons (Fsp3) is 0.176. The van der Waals surface area contributed by atoms with Crippen LogP contribution >= 0.6 is 11.6 Å². The minimum Gasteiger partial charge on any atom is -0.481 e. The summed E-state index contributed by atoms with van der Waals surface area (Å²) in [5, 5.41) is 11.0. The van der Waals surface area contributed by atoms with Gasteiger partial charge in [-0.15, -0.1) is 0 Å². The molecule has 2 rings (SSSR count). The van der Waals surface area contributed by atoms with E-state index in [-0.39, 0.29) is 10.7 Å². The van der Waals surface area contributed by atoms with Crippen LogP contribution in [0, 0.1) is 11.3 Å². The van der Waals surface area contributed by atoms with Crippen molar-refractivity contribution in [3.63, 3.8) is 0 Å². The third kappa shape index (κ3) is 4.88. The number of rotatable bonds is 4. The van der Waals surface area contributed by atoms with Gasteiger partial charge in [0.15, 0.2) is 6.10 Å². The van der Waals surface area contributed by atoms with Crippen LogP contribution in [0.3, 0.4) is 0 Å². The van der Waals surface area contributed by atoms with E-state index in [1.54, 1.807) is 0 Å². The van der Waals surface area contributed by atoms with Crippen molar-refractivity contribution >= 4 is 23.2 Å². The first kappa shape index (κ1) is 18.6. The number of carbonyl (C=O) groups is 1. The zero-order valence-corrected chi connectivity index (χ0v) is 13.7. The van der Waals surface area contributed by atoms with Crippen LogP contribution in [0.5, 0.6) is 5.75 Å². The first-order valence-corrected chi connectivity index (χ1v) is 7.43. The number of hydrogen-bond donors (Lipinski definition) is 1. The van der Waals surface area contributed by atoms with E-state index in [1.807, 2.05) is 6.07 Å². The van der Waals surface area contributed by atoms with Crippen LogP contribution in [-0.4, -0.2) is 12.0 Å². The number of anilines is 1. The van der Waals surface area contributed by atoms with Crippen LogP contribution in [0.15, 0.2) is 42.5 Å². The zero-order chi connectivity index (χ0) is 18.6. The van der Waals surface area contributed by atoms with Gasteiger partial charge >= 0.3 is 6.18 Å². The normalized spacial score (nSPS) is 12.2. The Morgan fingerprint density at radius 3 is 2.44 bits per heavy atom. The summed E-state index contributed by atoms with van der Waals surface area (Å²) in [4.78, 5) is 12.1. The van der Waals surface area contributed by atoms with Crippen molar-refractivity contribution < 1.29 is 22.7 Å². The second kappa shape index (κ2) is 7.45.